The van der Waals surface area contributed by atoms with Crippen LogP contribution >= 0.6 is 0 Å². The van der Waals surface area contributed by atoms with Crippen LogP contribution in [0.5, 0.6) is 11.5 Å². The molecule has 8 heteroatoms. The molecule has 0 radical (unpaired) electrons. The van der Waals surface area contributed by atoms with Gasteiger partial charge in [-0.3, -0.25) is 9.59 Å². The molecule has 1 aromatic carbocycles. The van der Waals surface area contributed by atoms with Crippen molar-refractivity contribution in [2.45, 2.75) is 18.9 Å². The summed E-state index contributed by atoms with van der Waals surface area (Å²) in [5.41, 5.74) is 0.548. The molecule has 1 unspecified atom stereocenters. The SMILES string of the molecule is COCC(=O)N1CCOC(CN(CC2CC2)C(=O)c2ccc(OC)c(OC)c2)C1. The summed E-state index contributed by atoms with van der Waals surface area (Å²) >= 11 is 0. The van der Waals surface area contributed by atoms with Crippen LogP contribution in [-0.4, -0.2) is 88.4 Å². The lowest BCUT2D eigenvalue weighted by Gasteiger charge is -2.36. The van der Waals surface area contributed by atoms with Gasteiger partial charge in [0, 0.05) is 38.9 Å². The molecule has 1 aliphatic carbocycles. The summed E-state index contributed by atoms with van der Waals surface area (Å²) in [5, 5.41) is 0. The zero-order valence-electron chi connectivity index (χ0n) is 17.4. The number of ether oxygens (including phenoxy) is 4. The van der Waals surface area contributed by atoms with E-state index < -0.39 is 0 Å². The van der Waals surface area contributed by atoms with Crippen LogP contribution in [0.1, 0.15) is 23.2 Å². The number of hydrogen-bond donors (Lipinski definition) is 0. The van der Waals surface area contributed by atoms with Gasteiger partial charge in [-0.25, -0.2) is 0 Å². The Kier molecular flexibility index (Phi) is 7.33. The van der Waals surface area contributed by atoms with Gasteiger partial charge in [-0.1, -0.05) is 0 Å². The van der Waals surface area contributed by atoms with E-state index in [0.29, 0.717) is 55.8 Å². The van der Waals surface area contributed by atoms with Gasteiger partial charge in [0.15, 0.2) is 11.5 Å². The Bertz CT molecular complexity index is 721. The quantitative estimate of drug-likeness (QED) is 0.618. The molecule has 1 aromatic rings. The predicted molar refractivity (Wildman–Crippen MR) is 106 cm³/mol. The first-order valence-corrected chi connectivity index (χ1v) is 9.95. The molecule has 0 N–H and O–H groups in total. The van der Waals surface area contributed by atoms with Crippen LogP contribution in [-0.2, 0) is 14.3 Å². The van der Waals surface area contributed by atoms with Crippen molar-refractivity contribution in [3.8, 4) is 11.5 Å². The molecule has 160 valence electrons. The van der Waals surface area contributed by atoms with Crippen molar-refractivity contribution in [3.05, 3.63) is 23.8 Å². The van der Waals surface area contributed by atoms with Gasteiger partial charge in [0.05, 0.1) is 26.9 Å². The number of nitrogens with zero attached hydrogens (tertiary/aromatic N) is 2. The normalized spacial score (nSPS) is 19.0. The summed E-state index contributed by atoms with van der Waals surface area (Å²) in [5.74, 6) is 1.52. The Morgan fingerprint density at radius 1 is 1.14 bits per heavy atom. The Labute approximate surface area is 171 Å². The smallest absolute Gasteiger partial charge is 0.254 e. The van der Waals surface area contributed by atoms with Crippen molar-refractivity contribution in [2.75, 3.05) is 60.7 Å². The highest BCUT2D eigenvalue weighted by Gasteiger charge is 2.32. The average Bonchev–Trinajstić information content (AvgIpc) is 3.56. The van der Waals surface area contributed by atoms with Crippen LogP contribution in [0.3, 0.4) is 0 Å². The minimum atomic E-state index is -0.215. The molecule has 29 heavy (non-hydrogen) atoms. The standard InChI is InChI=1S/C21H30N2O6/c1-26-14-20(24)22-8-9-29-17(12-22)13-23(11-15-4-5-15)21(25)16-6-7-18(27-2)19(10-16)28-3/h6-7,10,15,17H,4-5,8-9,11-14H2,1-3H3. The molecule has 0 aromatic heterocycles. The van der Waals surface area contributed by atoms with E-state index in [-0.39, 0.29) is 24.5 Å². The van der Waals surface area contributed by atoms with Crippen molar-refractivity contribution in [3.63, 3.8) is 0 Å². The number of rotatable bonds is 9. The summed E-state index contributed by atoms with van der Waals surface area (Å²) in [6.45, 7) is 2.66. The first-order valence-electron chi connectivity index (χ1n) is 9.95. The fourth-order valence-corrected chi connectivity index (χ4v) is 3.52. The lowest BCUT2D eigenvalue weighted by atomic mass is 10.1. The molecule has 2 aliphatic rings. The van der Waals surface area contributed by atoms with Crippen LogP contribution in [0, 0.1) is 5.92 Å². The van der Waals surface area contributed by atoms with E-state index in [1.54, 1.807) is 37.3 Å². The average molecular weight is 406 g/mol. The Morgan fingerprint density at radius 3 is 2.55 bits per heavy atom. The van der Waals surface area contributed by atoms with Crippen LogP contribution in [0.2, 0.25) is 0 Å². The number of carbonyl (C=O) groups excluding carboxylic acids is 2. The van der Waals surface area contributed by atoms with Crippen molar-refractivity contribution >= 4 is 11.8 Å². The second-order valence-corrected chi connectivity index (χ2v) is 7.49. The van der Waals surface area contributed by atoms with Crippen molar-refractivity contribution in [1.29, 1.82) is 0 Å². The molecule has 8 nitrogen and oxygen atoms in total. The monoisotopic (exact) mass is 406 g/mol. The van der Waals surface area contributed by atoms with E-state index in [1.165, 1.54) is 7.11 Å². The van der Waals surface area contributed by atoms with Crippen LogP contribution in [0.15, 0.2) is 18.2 Å². The number of morpholine rings is 1. The summed E-state index contributed by atoms with van der Waals surface area (Å²) in [4.78, 5) is 29.0. The maximum Gasteiger partial charge on any atom is 0.254 e. The molecule has 1 heterocycles. The molecular weight excluding hydrogens is 376 g/mol. The number of carbonyl (C=O) groups is 2. The summed E-state index contributed by atoms with van der Waals surface area (Å²) in [7, 11) is 4.63. The molecule has 1 aliphatic heterocycles. The van der Waals surface area contributed by atoms with E-state index in [1.807, 2.05) is 4.90 Å². The van der Waals surface area contributed by atoms with Gasteiger partial charge >= 0.3 is 0 Å². The molecule has 1 saturated carbocycles. The topological polar surface area (TPSA) is 77.5 Å². The maximum absolute atomic E-state index is 13.2. The highest BCUT2D eigenvalue weighted by atomic mass is 16.5. The molecule has 2 amide bonds. The van der Waals surface area contributed by atoms with E-state index >= 15 is 0 Å². The summed E-state index contributed by atoms with van der Waals surface area (Å²) in [6.07, 6.45) is 2.06. The molecule has 0 bridgehead atoms. The van der Waals surface area contributed by atoms with Crippen molar-refractivity contribution in [2.24, 2.45) is 5.92 Å². The first kappa shape index (κ1) is 21.4. The van der Waals surface area contributed by atoms with Gasteiger partial charge < -0.3 is 28.7 Å². The number of methoxy groups -OCH3 is 3. The highest BCUT2D eigenvalue weighted by molar-refractivity contribution is 5.95. The predicted octanol–water partition coefficient (Wildman–Crippen LogP) is 1.43. The minimum absolute atomic E-state index is 0.0549. The first-order chi connectivity index (χ1) is 14.0. The lowest BCUT2D eigenvalue weighted by molar-refractivity contribution is -0.143. The third kappa shape index (κ3) is 5.61. The van der Waals surface area contributed by atoms with Gasteiger partial charge in [0.1, 0.15) is 6.61 Å². The van der Waals surface area contributed by atoms with Crippen LogP contribution in [0.25, 0.3) is 0 Å². The molecule has 0 spiro atoms. The Balaban J connectivity index is 1.70. The fourth-order valence-electron chi connectivity index (χ4n) is 3.52. The largest absolute Gasteiger partial charge is 0.493 e. The third-order valence-corrected chi connectivity index (χ3v) is 5.28. The Hall–Kier alpha value is -2.32. The van der Waals surface area contributed by atoms with Gasteiger partial charge in [-0.2, -0.15) is 0 Å². The van der Waals surface area contributed by atoms with Gasteiger partial charge in [-0.15, -0.1) is 0 Å². The van der Waals surface area contributed by atoms with Crippen LogP contribution in [0.4, 0.5) is 0 Å². The number of amides is 2. The molecular formula is C21H30N2O6. The molecule has 1 atom stereocenters. The highest BCUT2D eigenvalue weighted by Crippen LogP contribution is 2.32. The minimum Gasteiger partial charge on any atom is -0.493 e. The Morgan fingerprint density at radius 2 is 1.90 bits per heavy atom. The summed E-state index contributed by atoms with van der Waals surface area (Å²) < 4.78 is 21.4. The van der Waals surface area contributed by atoms with E-state index in [2.05, 4.69) is 0 Å². The molecule has 2 fully saturated rings. The lowest BCUT2D eigenvalue weighted by Crippen LogP contribution is -2.51. The van der Waals surface area contributed by atoms with E-state index in [9.17, 15) is 9.59 Å². The zero-order valence-corrected chi connectivity index (χ0v) is 17.4. The van der Waals surface area contributed by atoms with Gasteiger partial charge in [-0.05, 0) is 37.0 Å². The molecule has 1 saturated heterocycles. The second-order valence-electron chi connectivity index (χ2n) is 7.49. The van der Waals surface area contributed by atoms with E-state index in [0.717, 1.165) is 12.8 Å². The fraction of sp³-hybridized carbons (Fsp3) is 0.619. The summed E-state index contributed by atoms with van der Waals surface area (Å²) in [6, 6.07) is 5.20. The van der Waals surface area contributed by atoms with Crippen molar-refractivity contribution in [1.82, 2.24) is 9.80 Å². The number of hydrogen-bond acceptors (Lipinski definition) is 6. The number of benzene rings is 1. The van der Waals surface area contributed by atoms with Gasteiger partial charge in [0.2, 0.25) is 5.91 Å². The zero-order chi connectivity index (χ0) is 20.8. The maximum atomic E-state index is 13.2. The molecule has 3 rings (SSSR count). The van der Waals surface area contributed by atoms with Crippen LogP contribution < -0.4 is 9.47 Å². The van der Waals surface area contributed by atoms with E-state index in [4.69, 9.17) is 18.9 Å². The second kappa shape index (κ2) is 9.93. The van der Waals surface area contributed by atoms with Crippen molar-refractivity contribution < 1.29 is 28.5 Å². The van der Waals surface area contributed by atoms with Gasteiger partial charge in [0.25, 0.3) is 5.91 Å². The third-order valence-electron chi connectivity index (χ3n) is 5.28.